The molecular formula is C20H21N3O. The average molecular weight is 319 g/mol. The summed E-state index contributed by atoms with van der Waals surface area (Å²) in [6, 6.07) is 12.0. The van der Waals surface area contributed by atoms with E-state index in [1.54, 1.807) is 6.08 Å². The Labute approximate surface area is 142 Å². The fraction of sp³-hybridized carbons (Fsp3) is 0.300. The molecular weight excluding hydrogens is 298 g/mol. The Kier molecular flexibility index (Phi) is 4.81. The number of hydrogen-bond donors (Lipinski definition) is 1. The molecule has 1 aromatic carbocycles. The zero-order valence-corrected chi connectivity index (χ0v) is 13.8. The largest absolute Gasteiger partial charge is 0.351 e. The van der Waals surface area contributed by atoms with E-state index in [2.05, 4.69) is 9.88 Å². The van der Waals surface area contributed by atoms with Crippen LogP contribution >= 0.6 is 0 Å². The van der Waals surface area contributed by atoms with Gasteiger partial charge in [-0.05, 0) is 55.2 Å². The van der Waals surface area contributed by atoms with Crippen LogP contribution in [0.2, 0.25) is 0 Å². The predicted octanol–water partition coefficient (Wildman–Crippen LogP) is 4.46. The molecule has 0 saturated heterocycles. The average Bonchev–Trinajstić information content (AvgIpc) is 3.23. The maximum atomic E-state index is 12.3. The van der Waals surface area contributed by atoms with Crippen LogP contribution in [0, 0.1) is 18.3 Å². The summed E-state index contributed by atoms with van der Waals surface area (Å²) in [6.07, 6.45) is 10.7. The Morgan fingerprint density at radius 3 is 2.83 bits per heavy atom. The summed E-state index contributed by atoms with van der Waals surface area (Å²) in [4.78, 5) is 12.3. The maximum absolute atomic E-state index is 12.3. The minimum absolute atomic E-state index is 0.112. The molecule has 1 amide bonds. The van der Waals surface area contributed by atoms with Crippen LogP contribution in [-0.4, -0.2) is 10.5 Å². The zero-order valence-electron chi connectivity index (χ0n) is 13.8. The van der Waals surface area contributed by atoms with E-state index < -0.39 is 0 Å². The maximum Gasteiger partial charge on any atom is 0.266 e. The topological polar surface area (TPSA) is 57.8 Å². The van der Waals surface area contributed by atoms with Crippen LogP contribution in [0.4, 0.5) is 5.69 Å². The van der Waals surface area contributed by atoms with E-state index in [0.29, 0.717) is 11.7 Å². The van der Waals surface area contributed by atoms with Gasteiger partial charge in [0.2, 0.25) is 0 Å². The predicted molar refractivity (Wildman–Crippen MR) is 95.3 cm³/mol. The van der Waals surface area contributed by atoms with Gasteiger partial charge >= 0.3 is 0 Å². The summed E-state index contributed by atoms with van der Waals surface area (Å²) in [6.45, 7) is 1.96. The summed E-state index contributed by atoms with van der Waals surface area (Å²) in [5.41, 5.74) is 2.76. The Morgan fingerprint density at radius 1 is 1.33 bits per heavy atom. The molecule has 1 N–H and O–H groups in total. The third-order valence-electron chi connectivity index (χ3n) is 4.44. The van der Waals surface area contributed by atoms with Gasteiger partial charge in [-0.15, -0.1) is 0 Å². The second-order valence-corrected chi connectivity index (χ2v) is 6.32. The van der Waals surface area contributed by atoms with Crippen LogP contribution in [-0.2, 0) is 4.79 Å². The minimum atomic E-state index is -0.378. The van der Waals surface area contributed by atoms with Gasteiger partial charge in [-0.25, -0.2) is 0 Å². The molecule has 2 aromatic rings. The highest BCUT2D eigenvalue weighted by Crippen LogP contribution is 2.30. The second kappa shape index (κ2) is 7.18. The first-order chi connectivity index (χ1) is 11.7. The molecule has 1 heterocycles. The summed E-state index contributed by atoms with van der Waals surface area (Å²) >= 11 is 0. The molecule has 3 rings (SSSR count). The number of nitriles is 1. The number of benzene rings is 1. The molecule has 0 unspecified atom stereocenters. The summed E-state index contributed by atoms with van der Waals surface area (Å²) in [7, 11) is 0. The van der Waals surface area contributed by atoms with Crippen molar-refractivity contribution in [3.05, 3.63) is 59.4 Å². The fourth-order valence-corrected chi connectivity index (χ4v) is 3.18. The number of carbonyl (C=O) groups is 1. The standard InChI is InChI=1S/C20H21N3O/c1-15-5-4-6-18(11-15)22-20(24)17(13-21)12-16-9-10-23(14-16)19-7-2-3-8-19/h4-6,9-12,14,19H,2-3,7-8H2,1H3,(H,22,24)/b17-12+. The number of rotatable bonds is 4. The van der Waals surface area contributed by atoms with Gasteiger partial charge in [0.25, 0.3) is 5.91 Å². The molecule has 0 bridgehead atoms. The molecule has 1 aliphatic rings. The van der Waals surface area contributed by atoms with Gasteiger partial charge in [0.05, 0.1) is 0 Å². The van der Waals surface area contributed by atoms with E-state index in [0.717, 1.165) is 11.1 Å². The molecule has 0 aliphatic heterocycles. The summed E-state index contributed by atoms with van der Waals surface area (Å²) in [5, 5.41) is 12.1. The molecule has 1 fully saturated rings. The molecule has 1 aromatic heterocycles. The number of aromatic nitrogens is 1. The second-order valence-electron chi connectivity index (χ2n) is 6.32. The highest BCUT2D eigenvalue weighted by atomic mass is 16.1. The van der Waals surface area contributed by atoms with E-state index in [1.165, 1.54) is 25.7 Å². The Hall–Kier alpha value is -2.80. The monoisotopic (exact) mass is 319 g/mol. The summed E-state index contributed by atoms with van der Waals surface area (Å²) < 4.78 is 2.20. The highest BCUT2D eigenvalue weighted by Gasteiger charge is 2.16. The lowest BCUT2D eigenvalue weighted by atomic mass is 10.1. The number of carbonyl (C=O) groups excluding carboxylic acids is 1. The van der Waals surface area contributed by atoms with Gasteiger partial charge in [-0.2, -0.15) is 5.26 Å². The van der Waals surface area contributed by atoms with E-state index in [-0.39, 0.29) is 11.5 Å². The number of nitrogens with one attached hydrogen (secondary N) is 1. The molecule has 4 heteroatoms. The van der Waals surface area contributed by atoms with Crippen molar-refractivity contribution in [3.63, 3.8) is 0 Å². The normalized spacial score (nSPS) is 15.2. The van der Waals surface area contributed by atoms with Crippen LogP contribution in [0.1, 0.15) is 42.9 Å². The van der Waals surface area contributed by atoms with Crippen LogP contribution in [0.3, 0.4) is 0 Å². The number of amides is 1. The van der Waals surface area contributed by atoms with E-state index in [1.807, 2.05) is 55.7 Å². The van der Waals surface area contributed by atoms with Crippen LogP contribution in [0.5, 0.6) is 0 Å². The molecule has 0 spiro atoms. The molecule has 24 heavy (non-hydrogen) atoms. The Bertz CT molecular complexity index is 804. The van der Waals surface area contributed by atoms with Crippen LogP contribution in [0.15, 0.2) is 48.3 Å². The van der Waals surface area contributed by atoms with Crippen LogP contribution in [0.25, 0.3) is 6.08 Å². The SMILES string of the molecule is Cc1cccc(NC(=O)/C(C#N)=C/c2ccn(C3CCCC3)c2)c1. The highest BCUT2D eigenvalue weighted by molar-refractivity contribution is 6.09. The van der Waals surface area contributed by atoms with Gasteiger partial charge < -0.3 is 9.88 Å². The minimum Gasteiger partial charge on any atom is -0.351 e. The van der Waals surface area contributed by atoms with Crippen molar-refractivity contribution in [1.29, 1.82) is 5.26 Å². The first kappa shape index (κ1) is 16.1. The van der Waals surface area contributed by atoms with Gasteiger partial charge in [0.15, 0.2) is 0 Å². The quantitative estimate of drug-likeness (QED) is 0.668. The number of aryl methyl sites for hydroxylation is 1. The van der Waals surface area contributed by atoms with Crippen molar-refractivity contribution in [2.45, 2.75) is 38.6 Å². The molecule has 0 atom stereocenters. The molecule has 4 nitrogen and oxygen atoms in total. The fourth-order valence-electron chi connectivity index (χ4n) is 3.18. The molecule has 1 saturated carbocycles. The van der Waals surface area contributed by atoms with Crippen LogP contribution < -0.4 is 5.32 Å². The first-order valence-corrected chi connectivity index (χ1v) is 8.33. The van der Waals surface area contributed by atoms with Crippen molar-refractivity contribution in [3.8, 4) is 6.07 Å². The summed E-state index contributed by atoms with van der Waals surface area (Å²) in [5.74, 6) is -0.378. The molecule has 1 aliphatic carbocycles. The van der Waals surface area contributed by atoms with E-state index in [9.17, 15) is 10.1 Å². The Balaban J connectivity index is 1.74. The van der Waals surface area contributed by atoms with Gasteiger partial charge in [0.1, 0.15) is 11.6 Å². The van der Waals surface area contributed by atoms with Gasteiger partial charge in [-0.1, -0.05) is 25.0 Å². The third-order valence-corrected chi connectivity index (χ3v) is 4.44. The van der Waals surface area contributed by atoms with Crippen molar-refractivity contribution in [2.75, 3.05) is 5.32 Å². The number of anilines is 1. The van der Waals surface area contributed by atoms with Crippen molar-refractivity contribution in [1.82, 2.24) is 4.57 Å². The van der Waals surface area contributed by atoms with Gasteiger partial charge in [-0.3, -0.25) is 4.79 Å². The van der Waals surface area contributed by atoms with E-state index in [4.69, 9.17) is 0 Å². The molecule has 0 radical (unpaired) electrons. The molecule has 122 valence electrons. The third kappa shape index (κ3) is 3.75. The smallest absolute Gasteiger partial charge is 0.266 e. The lowest BCUT2D eigenvalue weighted by Crippen LogP contribution is -2.13. The van der Waals surface area contributed by atoms with E-state index >= 15 is 0 Å². The zero-order chi connectivity index (χ0) is 16.9. The van der Waals surface area contributed by atoms with Crippen molar-refractivity contribution >= 4 is 17.7 Å². The van der Waals surface area contributed by atoms with Crippen molar-refractivity contribution < 1.29 is 4.79 Å². The van der Waals surface area contributed by atoms with Crippen molar-refractivity contribution in [2.24, 2.45) is 0 Å². The number of hydrogen-bond acceptors (Lipinski definition) is 2. The number of nitrogens with zero attached hydrogens (tertiary/aromatic N) is 2. The Morgan fingerprint density at radius 2 is 2.12 bits per heavy atom. The first-order valence-electron chi connectivity index (χ1n) is 8.33. The lowest BCUT2D eigenvalue weighted by molar-refractivity contribution is -0.112. The van der Waals surface area contributed by atoms with Gasteiger partial charge in [0, 0.05) is 24.1 Å². The lowest BCUT2D eigenvalue weighted by Gasteiger charge is -2.10.